The zero-order valence-electron chi connectivity index (χ0n) is 10.3. The van der Waals surface area contributed by atoms with E-state index in [0.717, 1.165) is 0 Å². The van der Waals surface area contributed by atoms with Crippen molar-refractivity contribution in [2.75, 3.05) is 5.32 Å². The first-order valence-corrected chi connectivity index (χ1v) is 7.15. The quantitative estimate of drug-likeness (QED) is 0.845. The highest BCUT2D eigenvalue weighted by Gasteiger charge is 2.17. The Balaban J connectivity index is 2.01. The van der Waals surface area contributed by atoms with Crippen molar-refractivity contribution in [3.63, 3.8) is 0 Å². The normalized spacial score (nSPS) is 11.9. The van der Waals surface area contributed by atoms with Gasteiger partial charge in [0, 0.05) is 11.2 Å². The molecule has 3 nitrogen and oxygen atoms in total. The van der Waals surface area contributed by atoms with Crippen LogP contribution >= 0.6 is 27.5 Å². The molecule has 0 aliphatic heterocycles. The lowest BCUT2D eigenvalue weighted by molar-refractivity contribution is -0.115. The Labute approximate surface area is 129 Å². The predicted molar refractivity (Wildman–Crippen MR) is 80.7 cm³/mol. The second kappa shape index (κ2) is 6.81. The summed E-state index contributed by atoms with van der Waals surface area (Å²) in [6, 6.07) is 9.51. The Morgan fingerprint density at radius 3 is 2.85 bits per heavy atom. The summed E-state index contributed by atoms with van der Waals surface area (Å²) < 4.78 is 13.5. The summed E-state index contributed by atoms with van der Waals surface area (Å²) in [7, 11) is 0. The summed E-state index contributed by atoms with van der Waals surface area (Å²) in [6.45, 7) is 0. The number of hydrogen-bond acceptors (Lipinski definition) is 2. The minimum atomic E-state index is -0.555. The first-order chi connectivity index (χ1) is 9.56. The number of pyridine rings is 1. The van der Waals surface area contributed by atoms with Crippen molar-refractivity contribution < 1.29 is 9.18 Å². The van der Waals surface area contributed by atoms with Gasteiger partial charge < -0.3 is 5.32 Å². The van der Waals surface area contributed by atoms with E-state index < -0.39 is 4.83 Å². The Kier molecular flexibility index (Phi) is 5.09. The molecule has 2 rings (SSSR count). The highest BCUT2D eigenvalue weighted by atomic mass is 79.9. The van der Waals surface area contributed by atoms with Crippen LogP contribution in [0, 0.1) is 5.82 Å². The van der Waals surface area contributed by atoms with Crippen LogP contribution in [0.4, 0.5) is 10.2 Å². The maximum atomic E-state index is 13.5. The molecule has 1 unspecified atom stereocenters. The summed E-state index contributed by atoms with van der Waals surface area (Å²) in [4.78, 5) is 15.4. The van der Waals surface area contributed by atoms with Gasteiger partial charge in [0.25, 0.3) is 0 Å². The molecule has 20 heavy (non-hydrogen) atoms. The number of alkyl halides is 1. The van der Waals surface area contributed by atoms with Crippen LogP contribution in [0.5, 0.6) is 0 Å². The van der Waals surface area contributed by atoms with Crippen molar-refractivity contribution in [3.05, 3.63) is 59.0 Å². The van der Waals surface area contributed by atoms with Crippen molar-refractivity contribution in [1.29, 1.82) is 0 Å². The number of aromatic nitrogens is 1. The van der Waals surface area contributed by atoms with Gasteiger partial charge in [0.15, 0.2) is 0 Å². The number of benzene rings is 1. The van der Waals surface area contributed by atoms with Crippen molar-refractivity contribution in [2.45, 2.75) is 11.2 Å². The van der Waals surface area contributed by atoms with E-state index in [1.165, 1.54) is 12.3 Å². The Bertz CT molecular complexity index is 624. The first kappa shape index (κ1) is 14.9. The molecule has 0 radical (unpaired) electrons. The number of carbonyl (C=O) groups is 1. The predicted octanol–water partition coefficient (Wildman–Crippen LogP) is 3.82. The van der Waals surface area contributed by atoms with Gasteiger partial charge in [0.2, 0.25) is 5.91 Å². The first-order valence-electron chi connectivity index (χ1n) is 5.86. The van der Waals surface area contributed by atoms with Gasteiger partial charge in [-0.15, -0.1) is 0 Å². The molecule has 1 N–H and O–H groups in total. The Morgan fingerprint density at radius 1 is 1.40 bits per heavy atom. The van der Waals surface area contributed by atoms with Crippen molar-refractivity contribution in [3.8, 4) is 0 Å². The monoisotopic (exact) mass is 356 g/mol. The summed E-state index contributed by atoms with van der Waals surface area (Å²) in [5, 5.41) is 3.10. The summed E-state index contributed by atoms with van der Waals surface area (Å²) in [5.74, 6) is -0.269. The highest BCUT2D eigenvalue weighted by Crippen LogP contribution is 2.16. The van der Waals surface area contributed by atoms with E-state index in [0.29, 0.717) is 16.4 Å². The maximum absolute atomic E-state index is 13.5. The van der Waals surface area contributed by atoms with E-state index in [1.54, 1.807) is 30.3 Å². The number of carbonyl (C=O) groups excluding carboxylic acids is 1. The number of halogens is 3. The molecule has 1 aromatic carbocycles. The Morgan fingerprint density at radius 2 is 2.15 bits per heavy atom. The van der Waals surface area contributed by atoms with Gasteiger partial charge in [-0.3, -0.25) is 4.79 Å². The lowest BCUT2D eigenvalue weighted by Gasteiger charge is -2.11. The van der Waals surface area contributed by atoms with Crippen LogP contribution in [0.1, 0.15) is 5.56 Å². The van der Waals surface area contributed by atoms with Gasteiger partial charge in [-0.25, -0.2) is 9.37 Å². The molecule has 0 saturated carbocycles. The zero-order valence-corrected chi connectivity index (χ0v) is 12.7. The van der Waals surface area contributed by atoms with Crippen molar-refractivity contribution >= 4 is 39.3 Å². The zero-order chi connectivity index (χ0) is 14.5. The summed E-state index contributed by atoms with van der Waals surface area (Å²) in [6.07, 6.45) is 1.75. The van der Waals surface area contributed by atoms with E-state index in [4.69, 9.17) is 11.6 Å². The second-order valence-electron chi connectivity index (χ2n) is 4.11. The van der Waals surface area contributed by atoms with Gasteiger partial charge in [-0.2, -0.15) is 0 Å². The van der Waals surface area contributed by atoms with E-state index in [1.807, 2.05) is 0 Å². The largest absolute Gasteiger partial charge is 0.310 e. The molecule has 0 fully saturated rings. The number of amides is 1. The van der Waals surface area contributed by atoms with E-state index >= 15 is 0 Å². The molecule has 0 saturated heterocycles. The summed E-state index contributed by atoms with van der Waals surface area (Å²) >= 11 is 9.06. The molecular formula is C14H11BrClFN2O. The van der Waals surface area contributed by atoms with Gasteiger partial charge in [0.05, 0.1) is 4.83 Å². The topological polar surface area (TPSA) is 42.0 Å². The van der Waals surface area contributed by atoms with E-state index in [-0.39, 0.29) is 18.1 Å². The molecule has 0 bridgehead atoms. The van der Waals surface area contributed by atoms with Gasteiger partial charge in [-0.1, -0.05) is 45.7 Å². The fraction of sp³-hybridized carbons (Fsp3) is 0.143. The molecule has 6 heteroatoms. The highest BCUT2D eigenvalue weighted by molar-refractivity contribution is 9.10. The number of hydrogen-bond donors (Lipinski definition) is 1. The third-order valence-corrected chi connectivity index (χ3v) is 3.59. The van der Waals surface area contributed by atoms with Crippen LogP contribution in [0.2, 0.25) is 5.02 Å². The smallest absolute Gasteiger partial charge is 0.239 e. The van der Waals surface area contributed by atoms with Gasteiger partial charge in [-0.05, 0) is 30.2 Å². The van der Waals surface area contributed by atoms with E-state index in [9.17, 15) is 9.18 Å². The molecular weight excluding hydrogens is 347 g/mol. The van der Waals surface area contributed by atoms with Crippen LogP contribution < -0.4 is 5.32 Å². The molecule has 0 aliphatic rings. The standard InChI is InChI=1S/C14H11BrClFN2O/c15-11(7-9-3-1-2-4-12(9)17)14(20)19-13-8-10(16)5-6-18-13/h1-6,8,11H,7H2,(H,18,19,20). The lowest BCUT2D eigenvalue weighted by Crippen LogP contribution is -2.25. The average Bonchev–Trinajstić information content (AvgIpc) is 2.41. The fourth-order valence-corrected chi connectivity index (χ4v) is 2.25. The van der Waals surface area contributed by atoms with Crippen LogP contribution in [-0.2, 0) is 11.2 Å². The van der Waals surface area contributed by atoms with Crippen LogP contribution in [-0.4, -0.2) is 15.7 Å². The van der Waals surface area contributed by atoms with Crippen LogP contribution in [0.3, 0.4) is 0 Å². The maximum Gasteiger partial charge on any atom is 0.239 e. The third-order valence-electron chi connectivity index (χ3n) is 2.61. The minimum absolute atomic E-state index is 0.249. The van der Waals surface area contributed by atoms with Crippen molar-refractivity contribution in [2.24, 2.45) is 0 Å². The number of rotatable bonds is 4. The molecule has 0 aliphatic carbocycles. The molecule has 0 spiro atoms. The number of nitrogens with zero attached hydrogens (tertiary/aromatic N) is 1. The Hall–Kier alpha value is -1.46. The number of anilines is 1. The van der Waals surface area contributed by atoms with Gasteiger partial charge in [0.1, 0.15) is 11.6 Å². The SMILES string of the molecule is O=C(Nc1cc(Cl)ccn1)C(Br)Cc1ccccc1F. The van der Waals surface area contributed by atoms with Crippen LogP contribution in [0.25, 0.3) is 0 Å². The molecule has 1 amide bonds. The molecule has 1 heterocycles. The third kappa shape index (κ3) is 4.02. The second-order valence-corrected chi connectivity index (χ2v) is 5.65. The fourth-order valence-electron chi connectivity index (χ4n) is 1.63. The van der Waals surface area contributed by atoms with Crippen LogP contribution in [0.15, 0.2) is 42.6 Å². The lowest BCUT2D eigenvalue weighted by atomic mass is 10.1. The summed E-state index contributed by atoms with van der Waals surface area (Å²) in [5.41, 5.74) is 0.476. The molecule has 2 aromatic rings. The van der Waals surface area contributed by atoms with Crippen molar-refractivity contribution in [1.82, 2.24) is 4.98 Å². The minimum Gasteiger partial charge on any atom is -0.310 e. The number of nitrogens with one attached hydrogen (secondary N) is 1. The van der Waals surface area contributed by atoms with E-state index in [2.05, 4.69) is 26.2 Å². The average molecular weight is 358 g/mol. The molecule has 104 valence electrons. The molecule has 1 atom stereocenters. The molecule has 1 aromatic heterocycles. The van der Waals surface area contributed by atoms with Gasteiger partial charge >= 0.3 is 0 Å².